The van der Waals surface area contributed by atoms with Crippen LogP contribution in [0.1, 0.15) is 19.0 Å². The van der Waals surface area contributed by atoms with E-state index in [0.29, 0.717) is 11.6 Å². The SMILES string of the molecule is CC[C@H](N)C(=O)Nc1nc(C)cs1. The summed E-state index contributed by atoms with van der Waals surface area (Å²) < 4.78 is 0. The van der Waals surface area contributed by atoms with E-state index in [-0.39, 0.29) is 5.91 Å². The van der Waals surface area contributed by atoms with E-state index < -0.39 is 6.04 Å². The van der Waals surface area contributed by atoms with Gasteiger partial charge in [0.2, 0.25) is 5.91 Å². The van der Waals surface area contributed by atoms with Crippen LogP contribution < -0.4 is 11.1 Å². The normalized spacial score (nSPS) is 12.5. The molecule has 5 heteroatoms. The number of carbonyl (C=O) groups is 1. The van der Waals surface area contributed by atoms with E-state index in [1.165, 1.54) is 11.3 Å². The summed E-state index contributed by atoms with van der Waals surface area (Å²) >= 11 is 1.41. The number of hydrogen-bond acceptors (Lipinski definition) is 4. The number of aromatic nitrogens is 1. The quantitative estimate of drug-likeness (QED) is 0.766. The lowest BCUT2D eigenvalue weighted by atomic mass is 10.2. The highest BCUT2D eigenvalue weighted by Crippen LogP contribution is 2.14. The number of thiazole rings is 1. The number of hydrogen-bond donors (Lipinski definition) is 2. The lowest BCUT2D eigenvalue weighted by molar-refractivity contribution is -0.117. The molecule has 0 unspecified atom stereocenters. The van der Waals surface area contributed by atoms with E-state index in [0.717, 1.165) is 5.69 Å². The van der Waals surface area contributed by atoms with E-state index in [1.54, 1.807) is 0 Å². The first kappa shape index (κ1) is 10.1. The Morgan fingerprint density at radius 3 is 3.00 bits per heavy atom. The van der Waals surface area contributed by atoms with Gasteiger partial charge >= 0.3 is 0 Å². The summed E-state index contributed by atoms with van der Waals surface area (Å²) in [4.78, 5) is 15.4. The Bertz CT molecular complexity index is 297. The minimum Gasteiger partial charge on any atom is -0.320 e. The van der Waals surface area contributed by atoms with Gasteiger partial charge in [0.05, 0.1) is 11.7 Å². The van der Waals surface area contributed by atoms with Crippen molar-refractivity contribution in [2.75, 3.05) is 5.32 Å². The van der Waals surface area contributed by atoms with Crippen molar-refractivity contribution in [2.24, 2.45) is 5.73 Å². The van der Waals surface area contributed by atoms with Crippen LogP contribution in [-0.4, -0.2) is 16.9 Å². The Kier molecular flexibility index (Phi) is 3.39. The zero-order valence-electron chi connectivity index (χ0n) is 7.70. The Balaban J connectivity index is 2.54. The highest BCUT2D eigenvalue weighted by atomic mass is 32.1. The summed E-state index contributed by atoms with van der Waals surface area (Å²) in [5.74, 6) is -0.170. The molecule has 0 fully saturated rings. The molecule has 0 aliphatic heterocycles. The van der Waals surface area contributed by atoms with E-state index in [1.807, 2.05) is 19.2 Å². The van der Waals surface area contributed by atoms with Crippen LogP contribution >= 0.6 is 11.3 Å². The third-order valence-electron chi connectivity index (χ3n) is 1.63. The topological polar surface area (TPSA) is 68.0 Å². The molecule has 3 N–H and O–H groups in total. The molecule has 1 atom stereocenters. The fourth-order valence-electron chi connectivity index (χ4n) is 0.795. The zero-order valence-corrected chi connectivity index (χ0v) is 8.52. The number of anilines is 1. The smallest absolute Gasteiger partial charge is 0.243 e. The lowest BCUT2D eigenvalue weighted by Gasteiger charge is -2.06. The summed E-state index contributed by atoms with van der Waals surface area (Å²) in [6.45, 7) is 3.75. The average Bonchev–Trinajstić information content (AvgIpc) is 2.49. The molecule has 4 nitrogen and oxygen atoms in total. The maximum atomic E-state index is 11.3. The first-order valence-electron chi connectivity index (χ1n) is 4.12. The van der Waals surface area contributed by atoms with Gasteiger partial charge in [-0.3, -0.25) is 4.79 Å². The molecular weight excluding hydrogens is 186 g/mol. The number of nitrogens with zero attached hydrogens (tertiary/aromatic N) is 1. The second-order valence-corrected chi connectivity index (χ2v) is 3.66. The van der Waals surface area contributed by atoms with Crippen molar-refractivity contribution in [1.29, 1.82) is 0 Å². The number of amides is 1. The minimum atomic E-state index is -0.441. The maximum absolute atomic E-state index is 11.3. The number of nitrogens with one attached hydrogen (secondary N) is 1. The first-order chi connectivity index (χ1) is 6.13. The summed E-state index contributed by atoms with van der Waals surface area (Å²) in [7, 11) is 0. The van der Waals surface area contributed by atoms with Gasteiger partial charge in [-0.15, -0.1) is 11.3 Å². The van der Waals surface area contributed by atoms with Gasteiger partial charge in [0, 0.05) is 5.38 Å². The molecule has 0 aromatic carbocycles. The summed E-state index contributed by atoms with van der Waals surface area (Å²) in [5, 5.41) is 5.16. The number of rotatable bonds is 3. The van der Waals surface area contributed by atoms with Gasteiger partial charge in [0.15, 0.2) is 5.13 Å². The van der Waals surface area contributed by atoms with E-state index in [2.05, 4.69) is 10.3 Å². The second-order valence-electron chi connectivity index (χ2n) is 2.80. The molecule has 0 bridgehead atoms. The summed E-state index contributed by atoms with van der Waals surface area (Å²) in [5.41, 5.74) is 6.44. The molecule has 72 valence electrons. The van der Waals surface area contributed by atoms with Crippen molar-refractivity contribution in [3.05, 3.63) is 11.1 Å². The van der Waals surface area contributed by atoms with Gasteiger partial charge in [0.1, 0.15) is 0 Å². The summed E-state index contributed by atoms with van der Waals surface area (Å²) in [6, 6.07) is -0.441. The molecular formula is C8H13N3OS. The monoisotopic (exact) mass is 199 g/mol. The van der Waals surface area contributed by atoms with Gasteiger partial charge in [-0.2, -0.15) is 0 Å². The van der Waals surface area contributed by atoms with E-state index in [9.17, 15) is 4.79 Å². The first-order valence-corrected chi connectivity index (χ1v) is 5.00. The predicted octanol–water partition coefficient (Wildman–Crippen LogP) is 1.13. The van der Waals surface area contributed by atoms with Crippen molar-refractivity contribution in [3.8, 4) is 0 Å². The Morgan fingerprint density at radius 1 is 1.85 bits per heavy atom. The van der Waals surface area contributed by atoms with E-state index in [4.69, 9.17) is 5.73 Å². The lowest BCUT2D eigenvalue weighted by Crippen LogP contribution is -2.34. The van der Waals surface area contributed by atoms with Crippen molar-refractivity contribution in [3.63, 3.8) is 0 Å². The molecule has 0 spiro atoms. The van der Waals surface area contributed by atoms with Crippen molar-refractivity contribution in [2.45, 2.75) is 26.3 Å². The molecule has 1 rings (SSSR count). The number of aryl methyl sites for hydroxylation is 1. The van der Waals surface area contributed by atoms with Crippen LogP contribution in [0.2, 0.25) is 0 Å². The molecule has 13 heavy (non-hydrogen) atoms. The summed E-state index contributed by atoms with van der Waals surface area (Å²) in [6.07, 6.45) is 0.635. The van der Waals surface area contributed by atoms with Crippen LogP contribution in [0.15, 0.2) is 5.38 Å². The largest absolute Gasteiger partial charge is 0.320 e. The zero-order chi connectivity index (χ0) is 9.84. The van der Waals surface area contributed by atoms with Crippen LogP contribution in [0.5, 0.6) is 0 Å². The fraction of sp³-hybridized carbons (Fsp3) is 0.500. The van der Waals surface area contributed by atoms with E-state index >= 15 is 0 Å². The third kappa shape index (κ3) is 2.78. The minimum absolute atomic E-state index is 0.170. The molecule has 1 aromatic rings. The van der Waals surface area contributed by atoms with Crippen LogP contribution in [0, 0.1) is 6.92 Å². The molecule has 0 aliphatic rings. The van der Waals surface area contributed by atoms with Crippen molar-refractivity contribution in [1.82, 2.24) is 4.98 Å². The van der Waals surface area contributed by atoms with Crippen molar-refractivity contribution >= 4 is 22.4 Å². The standard InChI is InChI=1S/C8H13N3OS/c1-3-6(9)7(12)11-8-10-5(2)4-13-8/h4,6H,3,9H2,1-2H3,(H,10,11,12)/t6-/m0/s1. The van der Waals surface area contributed by atoms with Crippen LogP contribution in [0.25, 0.3) is 0 Å². The molecule has 0 radical (unpaired) electrons. The van der Waals surface area contributed by atoms with Gasteiger partial charge in [-0.1, -0.05) is 6.92 Å². The van der Waals surface area contributed by atoms with Crippen LogP contribution in [0.3, 0.4) is 0 Å². The van der Waals surface area contributed by atoms with Gasteiger partial charge < -0.3 is 11.1 Å². The van der Waals surface area contributed by atoms with Gasteiger partial charge in [-0.25, -0.2) is 4.98 Å². The Labute approximate surface area is 81.2 Å². The van der Waals surface area contributed by atoms with Gasteiger partial charge in [0.25, 0.3) is 0 Å². The second kappa shape index (κ2) is 4.34. The Hall–Kier alpha value is -0.940. The number of nitrogens with two attached hydrogens (primary N) is 1. The fourth-order valence-corrected chi connectivity index (χ4v) is 1.49. The molecule has 0 aliphatic carbocycles. The third-order valence-corrected chi connectivity index (χ3v) is 2.50. The molecule has 1 aromatic heterocycles. The van der Waals surface area contributed by atoms with Crippen LogP contribution in [0.4, 0.5) is 5.13 Å². The molecule has 0 saturated carbocycles. The molecule has 1 heterocycles. The highest BCUT2D eigenvalue weighted by molar-refractivity contribution is 7.13. The maximum Gasteiger partial charge on any atom is 0.243 e. The Morgan fingerprint density at radius 2 is 2.54 bits per heavy atom. The van der Waals surface area contributed by atoms with Gasteiger partial charge in [-0.05, 0) is 13.3 Å². The average molecular weight is 199 g/mol. The predicted molar refractivity (Wildman–Crippen MR) is 53.7 cm³/mol. The van der Waals surface area contributed by atoms with Crippen LogP contribution in [-0.2, 0) is 4.79 Å². The van der Waals surface area contributed by atoms with Crippen molar-refractivity contribution < 1.29 is 4.79 Å². The molecule has 0 saturated heterocycles. The number of carbonyl (C=O) groups excluding carboxylic acids is 1. The highest BCUT2D eigenvalue weighted by Gasteiger charge is 2.11. The molecule has 1 amide bonds.